The fraction of sp³-hybridized carbons (Fsp3) is 0.571. The minimum absolute atomic E-state index is 0. The normalized spacial score (nSPS) is 16.6. The Morgan fingerprint density at radius 1 is 1.24 bits per heavy atom. The van der Waals surface area contributed by atoms with Gasteiger partial charge in [0, 0.05) is 38.8 Å². The van der Waals surface area contributed by atoms with Gasteiger partial charge in [0.05, 0.1) is 12.5 Å². The summed E-state index contributed by atoms with van der Waals surface area (Å²) in [6, 6.07) is 7.79. The van der Waals surface area contributed by atoms with Crippen molar-refractivity contribution in [3.8, 4) is 0 Å². The summed E-state index contributed by atoms with van der Waals surface area (Å²) in [6.07, 6.45) is 3.16. The molecule has 1 fully saturated rings. The number of guanidine groups is 1. The third-order valence-corrected chi connectivity index (χ3v) is 4.72. The molecule has 8 heteroatoms. The molecule has 0 aliphatic carbocycles. The number of aliphatic imine (C=N–C) groups is 1. The maximum atomic E-state index is 12.0. The van der Waals surface area contributed by atoms with Crippen LogP contribution >= 0.6 is 24.0 Å². The second-order valence-corrected chi connectivity index (χ2v) is 6.93. The van der Waals surface area contributed by atoms with Gasteiger partial charge < -0.3 is 20.3 Å². The molecule has 1 aromatic rings. The van der Waals surface area contributed by atoms with Crippen molar-refractivity contribution in [2.24, 2.45) is 10.9 Å². The molecule has 1 aromatic carbocycles. The average molecular weight is 516 g/mol. The maximum Gasteiger partial charge on any atom is 0.310 e. The van der Waals surface area contributed by atoms with E-state index in [0.717, 1.165) is 43.0 Å². The largest absolute Gasteiger partial charge is 0.466 e. The van der Waals surface area contributed by atoms with Crippen LogP contribution in [0.15, 0.2) is 29.3 Å². The molecule has 2 rings (SSSR count). The lowest BCUT2D eigenvalue weighted by Crippen LogP contribution is -2.48. The number of halogens is 1. The zero-order valence-corrected chi connectivity index (χ0v) is 19.9. The van der Waals surface area contributed by atoms with Crippen LogP contribution in [0.1, 0.15) is 45.1 Å². The van der Waals surface area contributed by atoms with Crippen LogP contribution in [0.2, 0.25) is 0 Å². The summed E-state index contributed by atoms with van der Waals surface area (Å²) in [5, 5.41) is 6.25. The van der Waals surface area contributed by atoms with Crippen molar-refractivity contribution in [1.82, 2.24) is 10.2 Å². The quantitative estimate of drug-likeness (QED) is 0.251. The third kappa shape index (κ3) is 8.20. The Hall–Kier alpha value is -1.84. The Morgan fingerprint density at radius 2 is 1.97 bits per heavy atom. The van der Waals surface area contributed by atoms with Gasteiger partial charge in [-0.1, -0.05) is 19.1 Å². The van der Waals surface area contributed by atoms with Crippen LogP contribution in [0, 0.1) is 5.92 Å². The van der Waals surface area contributed by atoms with E-state index in [-0.39, 0.29) is 41.8 Å². The SMILES string of the molecule is CCCC(=O)Nc1ccc(CNC(=NC)N2CCCC(C(=O)OCC)C2)cc1.I. The van der Waals surface area contributed by atoms with Crippen LogP contribution in [-0.4, -0.2) is 49.5 Å². The number of rotatable bonds is 7. The summed E-state index contributed by atoms with van der Waals surface area (Å²) >= 11 is 0. The molecule has 162 valence electrons. The van der Waals surface area contributed by atoms with Crippen molar-refractivity contribution in [3.63, 3.8) is 0 Å². The van der Waals surface area contributed by atoms with Crippen LogP contribution in [0.3, 0.4) is 0 Å². The number of benzene rings is 1. The molecule has 0 radical (unpaired) electrons. The number of ether oxygens (including phenoxy) is 1. The van der Waals surface area contributed by atoms with Crippen molar-refractivity contribution in [2.75, 3.05) is 32.1 Å². The zero-order valence-electron chi connectivity index (χ0n) is 17.6. The van der Waals surface area contributed by atoms with E-state index in [1.807, 2.05) is 38.1 Å². The minimum Gasteiger partial charge on any atom is -0.466 e. The van der Waals surface area contributed by atoms with Crippen molar-refractivity contribution < 1.29 is 14.3 Å². The van der Waals surface area contributed by atoms with E-state index in [0.29, 0.717) is 26.1 Å². The second-order valence-electron chi connectivity index (χ2n) is 6.93. The first kappa shape index (κ1) is 25.2. The molecule has 0 saturated carbocycles. The number of carbonyl (C=O) groups excluding carboxylic acids is 2. The lowest BCUT2D eigenvalue weighted by molar-refractivity contribution is -0.149. The highest BCUT2D eigenvalue weighted by molar-refractivity contribution is 14.0. The number of esters is 1. The molecule has 1 amide bonds. The minimum atomic E-state index is -0.122. The van der Waals surface area contributed by atoms with Crippen LogP contribution in [-0.2, 0) is 20.9 Å². The van der Waals surface area contributed by atoms with E-state index >= 15 is 0 Å². The highest BCUT2D eigenvalue weighted by atomic mass is 127. The second kappa shape index (κ2) is 13.4. The molecule has 1 heterocycles. The van der Waals surface area contributed by atoms with Crippen LogP contribution in [0.4, 0.5) is 5.69 Å². The number of piperidine rings is 1. The molecule has 1 unspecified atom stereocenters. The molecule has 1 saturated heterocycles. The van der Waals surface area contributed by atoms with Crippen molar-refractivity contribution >= 4 is 47.5 Å². The van der Waals surface area contributed by atoms with Gasteiger partial charge >= 0.3 is 5.97 Å². The van der Waals surface area contributed by atoms with Crippen molar-refractivity contribution in [3.05, 3.63) is 29.8 Å². The van der Waals surface area contributed by atoms with Gasteiger partial charge in [0.2, 0.25) is 5.91 Å². The van der Waals surface area contributed by atoms with Gasteiger partial charge in [-0.3, -0.25) is 14.6 Å². The summed E-state index contributed by atoms with van der Waals surface area (Å²) in [5.74, 6) is 0.603. The number of carbonyl (C=O) groups is 2. The van der Waals surface area contributed by atoms with Crippen LogP contribution in [0.5, 0.6) is 0 Å². The molecule has 0 aromatic heterocycles. The van der Waals surface area contributed by atoms with E-state index in [9.17, 15) is 9.59 Å². The first-order valence-electron chi connectivity index (χ1n) is 10.1. The van der Waals surface area contributed by atoms with E-state index in [1.165, 1.54) is 0 Å². The maximum absolute atomic E-state index is 12.0. The molecule has 0 spiro atoms. The van der Waals surface area contributed by atoms with Gasteiger partial charge in [0.25, 0.3) is 0 Å². The molecule has 29 heavy (non-hydrogen) atoms. The van der Waals surface area contributed by atoms with Gasteiger partial charge in [-0.25, -0.2) is 0 Å². The number of hydrogen-bond acceptors (Lipinski definition) is 4. The molecule has 1 aliphatic heterocycles. The smallest absolute Gasteiger partial charge is 0.310 e. The van der Waals surface area contributed by atoms with E-state index in [1.54, 1.807) is 7.05 Å². The first-order chi connectivity index (χ1) is 13.6. The van der Waals surface area contributed by atoms with E-state index in [2.05, 4.69) is 20.5 Å². The van der Waals surface area contributed by atoms with E-state index < -0.39 is 0 Å². The van der Waals surface area contributed by atoms with Crippen molar-refractivity contribution in [2.45, 2.75) is 46.1 Å². The Morgan fingerprint density at radius 3 is 2.59 bits per heavy atom. The molecule has 1 aliphatic rings. The Balaban J connectivity index is 0.00000420. The third-order valence-electron chi connectivity index (χ3n) is 4.72. The van der Waals surface area contributed by atoms with E-state index in [4.69, 9.17) is 4.74 Å². The molecule has 1 atom stereocenters. The molecule has 0 bridgehead atoms. The van der Waals surface area contributed by atoms with Gasteiger partial charge in [-0.2, -0.15) is 0 Å². The highest BCUT2D eigenvalue weighted by Crippen LogP contribution is 2.18. The summed E-state index contributed by atoms with van der Waals surface area (Å²) in [4.78, 5) is 30.2. The molecular weight excluding hydrogens is 483 g/mol. The monoisotopic (exact) mass is 516 g/mol. The molecular formula is C21H33IN4O3. The summed E-state index contributed by atoms with van der Waals surface area (Å²) in [7, 11) is 1.75. The Kier molecular flexibility index (Phi) is 11.6. The number of anilines is 1. The van der Waals surface area contributed by atoms with Crippen LogP contribution < -0.4 is 10.6 Å². The van der Waals surface area contributed by atoms with Gasteiger partial charge in [0.15, 0.2) is 5.96 Å². The molecule has 7 nitrogen and oxygen atoms in total. The summed E-state index contributed by atoms with van der Waals surface area (Å²) in [5.41, 5.74) is 1.90. The number of amides is 1. The number of nitrogens with zero attached hydrogens (tertiary/aromatic N) is 2. The number of hydrogen-bond donors (Lipinski definition) is 2. The van der Waals surface area contributed by atoms with Gasteiger partial charge in [-0.05, 0) is 43.9 Å². The lowest BCUT2D eigenvalue weighted by Gasteiger charge is -2.34. The summed E-state index contributed by atoms with van der Waals surface area (Å²) < 4.78 is 5.17. The average Bonchev–Trinajstić information content (AvgIpc) is 2.70. The topological polar surface area (TPSA) is 83.0 Å². The van der Waals surface area contributed by atoms with Crippen molar-refractivity contribution in [1.29, 1.82) is 0 Å². The Labute approximate surface area is 190 Å². The number of nitrogens with one attached hydrogen (secondary N) is 2. The first-order valence-corrected chi connectivity index (χ1v) is 10.1. The van der Waals surface area contributed by atoms with Gasteiger partial charge in [-0.15, -0.1) is 24.0 Å². The zero-order chi connectivity index (χ0) is 20.4. The predicted molar refractivity (Wildman–Crippen MR) is 127 cm³/mol. The standard InChI is InChI=1S/C21H32N4O3.HI/c1-4-7-19(26)24-18-11-9-16(10-12-18)14-23-21(22-3)25-13-6-8-17(15-25)20(27)28-5-2;/h9-12,17H,4-8,13-15H2,1-3H3,(H,22,23)(H,24,26);1H. The van der Waals surface area contributed by atoms with Crippen LogP contribution in [0.25, 0.3) is 0 Å². The number of likely N-dealkylation sites (tertiary alicyclic amines) is 1. The summed E-state index contributed by atoms with van der Waals surface area (Å²) in [6.45, 7) is 6.35. The lowest BCUT2D eigenvalue weighted by atomic mass is 9.98. The Bertz CT molecular complexity index is 679. The highest BCUT2D eigenvalue weighted by Gasteiger charge is 2.28. The predicted octanol–water partition coefficient (Wildman–Crippen LogP) is 3.39. The molecule has 2 N–H and O–H groups in total. The fourth-order valence-corrected chi connectivity index (χ4v) is 3.29. The fourth-order valence-electron chi connectivity index (χ4n) is 3.29. The van der Waals surface area contributed by atoms with Gasteiger partial charge in [0.1, 0.15) is 0 Å².